The molecular formula is C27H43N3O7. The predicted molar refractivity (Wildman–Crippen MR) is 141 cm³/mol. The van der Waals surface area contributed by atoms with Crippen LogP contribution in [-0.2, 0) is 35.0 Å². The van der Waals surface area contributed by atoms with E-state index in [1.807, 2.05) is 0 Å². The van der Waals surface area contributed by atoms with Crippen molar-refractivity contribution in [3.8, 4) is 0 Å². The number of nitrogens with one attached hydrogen (secondary N) is 2. The van der Waals surface area contributed by atoms with Gasteiger partial charge in [0, 0.05) is 18.5 Å². The second-order valence-corrected chi connectivity index (χ2v) is 11.9. The number of anilines is 1. The molecule has 0 radical (unpaired) electrons. The van der Waals surface area contributed by atoms with Gasteiger partial charge in [-0.2, -0.15) is 0 Å². The molecule has 0 saturated carbocycles. The largest absolute Gasteiger partial charge is 0.460 e. The zero-order chi connectivity index (χ0) is 28.6. The Hall–Kier alpha value is -3.30. The number of nitrogen functional groups attached to an aromatic ring is 1. The average molecular weight is 522 g/mol. The van der Waals surface area contributed by atoms with Crippen LogP contribution in [0.2, 0.25) is 0 Å². The van der Waals surface area contributed by atoms with Gasteiger partial charge in [0.1, 0.15) is 28.9 Å². The van der Waals surface area contributed by atoms with Gasteiger partial charge in [0.2, 0.25) is 0 Å². The van der Waals surface area contributed by atoms with Crippen molar-refractivity contribution in [2.45, 2.75) is 110 Å². The van der Waals surface area contributed by atoms with E-state index in [1.54, 1.807) is 86.6 Å². The lowest BCUT2D eigenvalue weighted by Crippen LogP contribution is -2.53. The fourth-order valence-electron chi connectivity index (χ4n) is 3.09. The Labute approximate surface area is 220 Å². The molecule has 208 valence electrons. The smallest absolute Gasteiger partial charge is 0.329 e. The second-order valence-electron chi connectivity index (χ2n) is 11.9. The molecule has 0 bridgehead atoms. The van der Waals surface area contributed by atoms with E-state index in [1.165, 1.54) is 0 Å². The molecule has 0 aliphatic carbocycles. The van der Waals surface area contributed by atoms with Crippen LogP contribution in [0.15, 0.2) is 24.3 Å². The van der Waals surface area contributed by atoms with E-state index in [0.29, 0.717) is 5.69 Å². The van der Waals surface area contributed by atoms with Crippen LogP contribution in [0.4, 0.5) is 10.5 Å². The molecule has 1 rings (SSSR count). The number of rotatable bonds is 9. The van der Waals surface area contributed by atoms with Crippen LogP contribution in [0.1, 0.15) is 80.7 Å². The summed E-state index contributed by atoms with van der Waals surface area (Å²) in [7, 11) is 0. The zero-order valence-corrected chi connectivity index (χ0v) is 23.5. The van der Waals surface area contributed by atoms with Crippen molar-refractivity contribution in [1.29, 1.82) is 0 Å². The lowest BCUT2D eigenvalue weighted by molar-refractivity contribution is -0.159. The molecule has 0 heterocycles. The standard InChI is InChI=1S/C27H43N3O7/c1-25(2,3)35-21(31)15-14-19(22(32)36-26(4,5)6)29-24(34)30-20(23(33)37-27(7,8)9)16-17-10-12-18(28)13-11-17/h10-13,19-20H,14-16,28H2,1-9H3,(H2,29,30,34)/t19-,20-/m0/s1. The number of carbonyl (C=O) groups is 4. The van der Waals surface area contributed by atoms with Gasteiger partial charge in [0.25, 0.3) is 0 Å². The summed E-state index contributed by atoms with van der Waals surface area (Å²) in [6.07, 6.45) is -0.0354. The summed E-state index contributed by atoms with van der Waals surface area (Å²) in [5.74, 6) is -1.86. The summed E-state index contributed by atoms with van der Waals surface area (Å²) >= 11 is 0. The third-order valence-corrected chi connectivity index (χ3v) is 4.47. The summed E-state index contributed by atoms with van der Waals surface area (Å²) in [4.78, 5) is 50.8. The van der Waals surface area contributed by atoms with E-state index in [-0.39, 0.29) is 19.3 Å². The lowest BCUT2D eigenvalue weighted by Gasteiger charge is -2.27. The number of nitrogens with two attached hydrogens (primary N) is 1. The minimum atomic E-state index is -1.15. The summed E-state index contributed by atoms with van der Waals surface area (Å²) in [5, 5.41) is 5.14. The van der Waals surface area contributed by atoms with Gasteiger partial charge in [-0.25, -0.2) is 14.4 Å². The van der Waals surface area contributed by atoms with Gasteiger partial charge in [-0.05, 0) is 86.4 Å². The number of hydrogen-bond donors (Lipinski definition) is 3. The molecule has 0 unspecified atom stereocenters. The van der Waals surface area contributed by atoms with Gasteiger partial charge in [0.05, 0.1) is 0 Å². The van der Waals surface area contributed by atoms with Crippen LogP contribution in [-0.4, -0.2) is 52.8 Å². The molecule has 0 aliphatic rings. The molecule has 37 heavy (non-hydrogen) atoms. The van der Waals surface area contributed by atoms with E-state index >= 15 is 0 Å². The molecule has 4 N–H and O–H groups in total. The first-order chi connectivity index (χ1) is 16.7. The Morgan fingerprint density at radius 2 is 1.16 bits per heavy atom. The van der Waals surface area contributed by atoms with E-state index in [9.17, 15) is 19.2 Å². The topological polar surface area (TPSA) is 146 Å². The van der Waals surface area contributed by atoms with Crippen molar-refractivity contribution in [2.75, 3.05) is 5.73 Å². The summed E-state index contributed by atoms with van der Waals surface area (Å²) in [6, 6.07) is 3.89. The molecule has 1 aromatic carbocycles. The maximum atomic E-state index is 12.9. The van der Waals surface area contributed by atoms with Gasteiger partial charge in [-0.3, -0.25) is 4.79 Å². The second kappa shape index (κ2) is 12.8. The van der Waals surface area contributed by atoms with E-state index in [2.05, 4.69) is 10.6 Å². The summed E-state index contributed by atoms with van der Waals surface area (Å²) in [6.45, 7) is 15.5. The van der Waals surface area contributed by atoms with E-state index in [0.717, 1.165) is 5.56 Å². The number of amides is 2. The van der Waals surface area contributed by atoms with Crippen molar-refractivity contribution in [1.82, 2.24) is 10.6 Å². The van der Waals surface area contributed by atoms with Crippen molar-refractivity contribution in [2.24, 2.45) is 0 Å². The SMILES string of the molecule is CC(C)(C)OC(=O)CC[C@H](NC(=O)N[C@@H](Cc1ccc(N)cc1)C(=O)OC(C)(C)C)C(=O)OC(C)(C)C. The van der Waals surface area contributed by atoms with Gasteiger partial charge in [0.15, 0.2) is 0 Å². The van der Waals surface area contributed by atoms with Gasteiger partial charge in [-0.1, -0.05) is 12.1 Å². The Morgan fingerprint density at radius 3 is 1.62 bits per heavy atom. The Balaban J connectivity index is 3.04. The fourth-order valence-corrected chi connectivity index (χ4v) is 3.09. The first-order valence-corrected chi connectivity index (χ1v) is 12.3. The molecule has 10 heteroatoms. The lowest BCUT2D eigenvalue weighted by atomic mass is 10.0. The number of carbonyl (C=O) groups excluding carboxylic acids is 4. The van der Waals surface area contributed by atoms with Crippen LogP contribution < -0.4 is 16.4 Å². The van der Waals surface area contributed by atoms with Gasteiger partial charge >= 0.3 is 23.9 Å². The number of urea groups is 1. The highest BCUT2D eigenvalue weighted by molar-refractivity contribution is 5.87. The van der Waals surface area contributed by atoms with Crippen molar-refractivity contribution < 1.29 is 33.4 Å². The van der Waals surface area contributed by atoms with Gasteiger partial charge in [-0.15, -0.1) is 0 Å². The van der Waals surface area contributed by atoms with Crippen LogP contribution in [0.3, 0.4) is 0 Å². The van der Waals surface area contributed by atoms with Crippen molar-refractivity contribution in [3.63, 3.8) is 0 Å². The molecular weight excluding hydrogens is 478 g/mol. The minimum Gasteiger partial charge on any atom is -0.460 e. The number of ether oxygens (including phenoxy) is 3. The first kappa shape index (κ1) is 31.7. The van der Waals surface area contributed by atoms with Crippen LogP contribution >= 0.6 is 0 Å². The minimum absolute atomic E-state index is 0.0493. The Kier molecular flexibility index (Phi) is 11.0. The van der Waals surface area contributed by atoms with Crippen LogP contribution in [0.25, 0.3) is 0 Å². The van der Waals surface area contributed by atoms with Crippen molar-refractivity contribution in [3.05, 3.63) is 29.8 Å². The quantitative estimate of drug-likeness (QED) is 0.254. The molecule has 0 aliphatic heterocycles. The summed E-state index contributed by atoms with van der Waals surface area (Å²) < 4.78 is 16.2. The molecule has 1 aromatic rings. The molecule has 2 amide bonds. The Morgan fingerprint density at radius 1 is 0.730 bits per heavy atom. The highest BCUT2D eigenvalue weighted by Gasteiger charge is 2.31. The third-order valence-electron chi connectivity index (χ3n) is 4.47. The molecule has 2 atom stereocenters. The molecule has 0 fully saturated rings. The van der Waals surface area contributed by atoms with E-state index in [4.69, 9.17) is 19.9 Å². The predicted octanol–water partition coefficient (Wildman–Crippen LogP) is 3.65. The fraction of sp³-hybridized carbons (Fsp3) is 0.630. The number of benzene rings is 1. The molecule has 0 spiro atoms. The number of hydrogen-bond acceptors (Lipinski definition) is 8. The molecule has 0 saturated heterocycles. The highest BCUT2D eigenvalue weighted by Crippen LogP contribution is 2.15. The summed E-state index contributed by atoms with van der Waals surface area (Å²) in [5.41, 5.74) is 4.78. The number of esters is 3. The van der Waals surface area contributed by atoms with E-state index < -0.39 is 52.8 Å². The maximum Gasteiger partial charge on any atom is 0.329 e. The highest BCUT2D eigenvalue weighted by atomic mass is 16.6. The van der Waals surface area contributed by atoms with Crippen LogP contribution in [0, 0.1) is 0 Å². The molecule has 10 nitrogen and oxygen atoms in total. The van der Waals surface area contributed by atoms with Crippen molar-refractivity contribution >= 4 is 29.6 Å². The Bertz CT molecular complexity index is 939. The average Bonchev–Trinajstić information content (AvgIpc) is 2.68. The van der Waals surface area contributed by atoms with Crippen LogP contribution in [0.5, 0.6) is 0 Å². The normalized spacial score (nSPS) is 13.6. The zero-order valence-electron chi connectivity index (χ0n) is 23.5. The van der Waals surface area contributed by atoms with Gasteiger partial charge < -0.3 is 30.6 Å². The third kappa shape index (κ3) is 14.1. The molecule has 0 aromatic heterocycles. The maximum absolute atomic E-state index is 12.9. The first-order valence-electron chi connectivity index (χ1n) is 12.3. The monoisotopic (exact) mass is 521 g/mol.